The smallest absolute Gasteiger partial charge is 0.200 e. The fourth-order valence-corrected chi connectivity index (χ4v) is 8.24. The lowest BCUT2D eigenvalue weighted by molar-refractivity contribution is -0.127. The van der Waals surface area contributed by atoms with Crippen molar-refractivity contribution in [2.75, 3.05) is 19.0 Å². The van der Waals surface area contributed by atoms with Crippen LogP contribution in [0.3, 0.4) is 0 Å². The molecule has 2 bridgehead atoms. The molecular formula is C44H50N2O8. The van der Waals surface area contributed by atoms with E-state index in [1.807, 2.05) is 30.4 Å². The summed E-state index contributed by atoms with van der Waals surface area (Å²) in [5.74, 6) is -0.248. The molecule has 7 N–H and O–H groups in total. The van der Waals surface area contributed by atoms with Gasteiger partial charge >= 0.3 is 0 Å². The highest BCUT2D eigenvalue weighted by atomic mass is 16.5. The molecule has 4 aromatic carbocycles. The summed E-state index contributed by atoms with van der Waals surface area (Å²) >= 11 is 0. The van der Waals surface area contributed by atoms with Gasteiger partial charge in [-0.3, -0.25) is 4.79 Å². The number of nitrogens with one attached hydrogen (secondary N) is 2. The summed E-state index contributed by atoms with van der Waals surface area (Å²) < 4.78 is 11.6. The van der Waals surface area contributed by atoms with Crippen LogP contribution in [0.5, 0.6) is 34.5 Å². The number of aryl methyl sites for hydroxylation is 2. The number of hydrogen-bond acceptors (Lipinski definition) is 10. The number of aliphatic hydroxyl groups excluding tert-OH is 1. The van der Waals surface area contributed by atoms with Crippen molar-refractivity contribution in [3.8, 4) is 34.5 Å². The van der Waals surface area contributed by atoms with Crippen molar-refractivity contribution in [1.29, 1.82) is 0 Å². The van der Waals surface area contributed by atoms with E-state index in [2.05, 4.69) is 10.6 Å². The first-order valence-corrected chi connectivity index (χ1v) is 19.1. The van der Waals surface area contributed by atoms with Crippen molar-refractivity contribution in [3.05, 3.63) is 101 Å². The molecule has 54 heavy (non-hydrogen) atoms. The van der Waals surface area contributed by atoms with E-state index in [9.17, 15) is 30.3 Å². The zero-order chi connectivity index (χ0) is 37.8. The molecule has 3 atom stereocenters. The van der Waals surface area contributed by atoms with Crippen LogP contribution in [0.2, 0.25) is 0 Å². The first kappa shape index (κ1) is 37.0. The molecule has 1 saturated carbocycles. The number of aromatic hydroxyl groups is 4. The maximum atomic E-state index is 14.6. The molecule has 0 amide bonds. The number of ketones is 1. The summed E-state index contributed by atoms with van der Waals surface area (Å²) in [6.45, 7) is 0.550. The average Bonchev–Trinajstić information content (AvgIpc) is 3.18. The number of dihydropyridines is 1. The maximum absolute atomic E-state index is 14.6. The Morgan fingerprint density at radius 3 is 2.52 bits per heavy atom. The van der Waals surface area contributed by atoms with Gasteiger partial charge in [0.1, 0.15) is 17.4 Å². The molecule has 4 aromatic rings. The number of phenolic OH excluding ortho intramolecular Hbond substituents is 4. The highest BCUT2D eigenvalue weighted by Gasteiger charge is 2.32. The van der Waals surface area contributed by atoms with Crippen LogP contribution < -0.4 is 20.1 Å². The fourth-order valence-electron chi connectivity index (χ4n) is 8.24. The molecule has 0 unspecified atom stereocenters. The molecule has 0 spiro atoms. The number of aliphatic hydroxyl groups is 1. The van der Waals surface area contributed by atoms with Gasteiger partial charge in [0, 0.05) is 24.6 Å². The Kier molecular flexibility index (Phi) is 11.2. The molecule has 3 aliphatic rings. The number of carbonyl (C=O) groups excluding carboxylic acids is 1. The lowest BCUT2D eigenvalue weighted by Gasteiger charge is -2.27. The number of allylic oxidation sites excluding steroid dienone is 2. The van der Waals surface area contributed by atoms with Gasteiger partial charge in [0.15, 0.2) is 23.0 Å². The van der Waals surface area contributed by atoms with Crippen molar-refractivity contribution < 1.29 is 39.8 Å². The van der Waals surface area contributed by atoms with Crippen LogP contribution in [0, 0.1) is 5.92 Å². The highest BCUT2D eigenvalue weighted by Crippen LogP contribution is 2.43. The van der Waals surface area contributed by atoms with Crippen LogP contribution in [0.25, 0.3) is 10.8 Å². The Morgan fingerprint density at radius 1 is 0.870 bits per heavy atom. The topological polar surface area (TPSA) is 161 Å². The molecule has 0 radical (unpaired) electrons. The van der Waals surface area contributed by atoms with Gasteiger partial charge < -0.3 is 45.6 Å². The van der Waals surface area contributed by atoms with Crippen LogP contribution >= 0.6 is 0 Å². The van der Waals surface area contributed by atoms with Gasteiger partial charge in [0.25, 0.3) is 0 Å². The molecule has 10 heteroatoms. The second-order valence-electron chi connectivity index (χ2n) is 14.9. The maximum Gasteiger partial charge on any atom is 0.200 e. The third-order valence-electron chi connectivity index (χ3n) is 11.3. The first-order chi connectivity index (χ1) is 26.1. The van der Waals surface area contributed by atoms with Crippen molar-refractivity contribution in [2.45, 2.75) is 88.8 Å². The monoisotopic (exact) mass is 734 g/mol. The summed E-state index contributed by atoms with van der Waals surface area (Å²) in [5, 5.41) is 63.0. The first-order valence-electron chi connectivity index (χ1n) is 19.1. The minimum Gasteiger partial charge on any atom is -0.508 e. The van der Waals surface area contributed by atoms with E-state index in [4.69, 9.17) is 9.47 Å². The number of methoxy groups -OCH3 is 1. The lowest BCUT2D eigenvalue weighted by atomic mass is 9.80. The number of rotatable bonds is 8. The number of Topliss-reactive ketones (excluding diaryl/α,β-unsaturated/α-hetero) is 1. The summed E-state index contributed by atoms with van der Waals surface area (Å²) in [7, 11) is 1.49. The van der Waals surface area contributed by atoms with E-state index in [0.717, 1.165) is 71.1 Å². The Labute approximate surface area is 315 Å². The van der Waals surface area contributed by atoms with Crippen molar-refractivity contribution in [1.82, 2.24) is 5.32 Å². The average molecular weight is 735 g/mol. The predicted molar refractivity (Wildman–Crippen MR) is 208 cm³/mol. The summed E-state index contributed by atoms with van der Waals surface area (Å²) in [4.78, 5) is 14.6. The van der Waals surface area contributed by atoms with E-state index in [0.29, 0.717) is 50.0 Å². The number of anilines is 1. The minimum absolute atomic E-state index is 0.0353. The molecule has 2 heterocycles. The van der Waals surface area contributed by atoms with Crippen LogP contribution in [-0.4, -0.2) is 57.2 Å². The standard InChI is InChI=1S/C44H50N2O8/c1-53-41-20-26(8-16-38(41)49)7-15-37(48)35-19-27-17-18-45-43(21-27)46-36-14-10-29-22-31(47)11-13-33(29)34(36)12-9-28(23-39(35)50)30-24-40(51)44(52)42(25-30)54-32-5-3-2-4-6-32/h8,10-11,13-14,16-17,20-22,24-25,28,32,35,37,45-49,51-52H,2-7,9,12,15,18-19,23H2,1H3/t28-,35+,37-/m1/s1. The SMILES string of the molecule is COc1cc(CC[C@@H](O)[C@@H]2CC3=CCNC(=C3)Nc3ccc4cc(O)ccc4c3CC[C@@H](c3cc(O)c(O)c(OC4CCCCC4)c3)CC2=O)ccc1O. The van der Waals surface area contributed by atoms with Gasteiger partial charge in [-0.15, -0.1) is 0 Å². The molecule has 2 aliphatic heterocycles. The zero-order valence-electron chi connectivity index (χ0n) is 30.7. The molecule has 0 aromatic heterocycles. The number of ether oxygens (including phenoxy) is 2. The quantitative estimate of drug-likeness (QED) is 0.0889. The summed E-state index contributed by atoms with van der Waals surface area (Å²) in [6.07, 6.45) is 10.3. The zero-order valence-corrected chi connectivity index (χ0v) is 30.7. The molecule has 1 fully saturated rings. The number of hydrogen-bond donors (Lipinski definition) is 7. The number of benzene rings is 4. The van der Waals surface area contributed by atoms with Crippen LogP contribution in [0.1, 0.15) is 80.4 Å². The Balaban J connectivity index is 1.26. The molecular weight excluding hydrogens is 684 g/mol. The Morgan fingerprint density at radius 2 is 1.70 bits per heavy atom. The van der Waals surface area contributed by atoms with Crippen LogP contribution in [0.4, 0.5) is 5.69 Å². The van der Waals surface area contributed by atoms with Gasteiger partial charge in [-0.25, -0.2) is 0 Å². The van der Waals surface area contributed by atoms with Gasteiger partial charge in [-0.2, -0.15) is 0 Å². The second-order valence-corrected chi connectivity index (χ2v) is 14.9. The Hall–Kier alpha value is -5.35. The van der Waals surface area contributed by atoms with E-state index in [-0.39, 0.29) is 47.1 Å². The highest BCUT2D eigenvalue weighted by molar-refractivity contribution is 5.91. The molecule has 1 aliphatic carbocycles. The van der Waals surface area contributed by atoms with Crippen molar-refractivity contribution in [2.24, 2.45) is 5.92 Å². The van der Waals surface area contributed by atoms with Gasteiger partial charge in [-0.05, 0) is 145 Å². The van der Waals surface area contributed by atoms with Gasteiger partial charge in [-0.1, -0.05) is 30.7 Å². The van der Waals surface area contributed by atoms with Gasteiger partial charge in [0.05, 0.1) is 19.3 Å². The number of phenols is 4. The van der Waals surface area contributed by atoms with E-state index < -0.39 is 17.9 Å². The van der Waals surface area contributed by atoms with Crippen molar-refractivity contribution in [3.63, 3.8) is 0 Å². The number of carbonyl (C=O) groups is 1. The normalized spacial score (nSPS) is 20.1. The van der Waals surface area contributed by atoms with E-state index in [1.54, 1.807) is 36.4 Å². The predicted octanol–water partition coefficient (Wildman–Crippen LogP) is 7.85. The molecule has 7 rings (SSSR count). The summed E-state index contributed by atoms with van der Waals surface area (Å²) in [6, 6.07) is 17.7. The third-order valence-corrected chi connectivity index (χ3v) is 11.3. The third kappa shape index (κ3) is 8.39. The second kappa shape index (κ2) is 16.3. The molecule has 0 saturated heterocycles. The molecule has 10 nitrogen and oxygen atoms in total. The van der Waals surface area contributed by atoms with Crippen LogP contribution in [0.15, 0.2) is 84.2 Å². The Bertz CT molecular complexity index is 2070. The minimum atomic E-state index is -0.962. The number of fused-ring (bicyclic) bond motifs is 4. The fraction of sp³-hybridized carbons (Fsp3) is 0.386. The van der Waals surface area contributed by atoms with Gasteiger partial charge in [0.2, 0.25) is 5.75 Å². The largest absolute Gasteiger partial charge is 0.508 e. The van der Waals surface area contributed by atoms with Crippen LogP contribution in [-0.2, 0) is 17.6 Å². The lowest BCUT2D eigenvalue weighted by Crippen LogP contribution is -2.31. The molecule has 284 valence electrons. The van der Waals surface area contributed by atoms with E-state index in [1.165, 1.54) is 13.2 Å². The van der Waals surface area contributed by atoms with Crippen molar-refractivity contribution >= 4 is 22.2 Å². The van der Waals surface area contributed by atoms with E-state index >= 15 is 0 Å². The summed E-state index contributed by atoms with van der Waals surface area (Å²) in [5.41, 5.74) is 4.39.